The van der Waals surface area contributed by atoms with Crippen LogP contribution in [0.15, 0.2) is 0 Å². The van der Waals surface area contributed by atoms with Gasteiger partial charge in [0.05, 0.1) is 0 Å². The van der Waals surface area contributed by atoms with Gasteiger partial charge in [-0.2, -0.15) is 0 Å². The van der Waals surface area contributed by atoms with E-state index >= 15 is 0 Å². The lowest BCUT2D eigenvalue weighted by Crippen LogP contribution is -2.26. The SMILES string of the molecule is CC(=O)O[C@@H]1CCCCCCCCCC[C@H]1I. The molecule has 0 amide bonds. The fourth-order valence-electron chi connectivity index (χ4n) is 2.46. The van der Waals surface area contributed by atoms with E-state index in [9.17, 15) is 4.79 Å². The number of carbonyl (C=O) groups is 1. The van der Waals surface area contributed by atoms with Crippen molar-refractivity contribution in [2.75, 3.05) is 0 Å². The van der Waals surface area contributed by atoms with Crippen molar-refractivity contribution >= 4 is 28.6 Å². The minimum absolute atomic E-state index is 0.122. The maximum absolute atomic E-state index is 11.1. The van der Waals surface area contributed by atoms with Gasteiger partial charge in [0.1, 0.15) is 6.10 Å². The monoisotopic (exact) mass is 352 g/mol. The van der Waals surface area contributed by atoms with Gasteiger partial charge >= 0.3 is 5.97 Å². The van der Waals surface area contributed by atoms with Gasteiger partial charge < -0.3 is 4.74 Å². The quantitative estimate of drug-likeness (QED) is 0.391. The van der Waals surface area contributed by atoms with E-state index in [4.69, 9.17) is 4.74 Å². The van der Waals surface area contributed by atoms with Crippen LogP contribution in [0.3, 0.4) is 0 Å². The van der Waals surface area contributed by atoms with Gasteiger partial charge in [0.15, 0.2) is 0 Å². The maximum Gasteiger partial charge on any atom is 0.302 e. The van der Waals surface area contributed by atoms with Crippen LogP contribution in [-0.2, 0) is 9.53 Å². The molecule has 0 spiro atoms. The zero-order chi connectivity index (χ0) is 12.5. The fourth-order valence-corrected chi connectivity index (χ4v) is 3.40. The minimum Gasteiger partial charge on any atom is -0.461 e. The molecule has 17 heavy (non-hydrogen) atoms. The Morgan fingerprint density at radius 1 is 0.941 bits per heavy atom. The van der Waals surface area contributed by atoms with Gasteiger partial charge in [-0.15, -0.1) is 0 Å². The minimum atomic E-state index is -0.122. The lowest BCUT2D eigenvalue weighted by atomic mass is 9.99. The molecule has 2 nitrogen and oxygen atoms in total. The summed E-state index contributed by atoms with van der Waals surface area (Å²) in [6, 6.07) is 0. The Morgan fingerprint density at radius 3 is 1.94 bits per heavy atom. The molecule has 0 radical (unpaired) electrons. The van der Waals surface area contributed by atoms with Crippen molar-refractivity contribution in [1.82, 2.24) is 0 Å². The van der Waals surface area contributed by atoms with E-state index in [2.05, 4.69) is 22.6 Å². The Kier molecular flexibility index (Phi) is 8.23. The molecule has 0 heterocycles. The van der Waals surface area contributed by atoms with Crippen LogP contribution in [-0.4, -0.2) is 16.0 Å². The van der Waals surface area contributed by atoms with E-state index in [1.165, 1.54) is 64.7 Å². The van der Waals surface area contributed by atoms with Crippen molar-refractivity contribution in [3.8, 4) is 0 Å². The van der Waals surface area contributed by atoms with Crippen LogP contribution in [0.25, 0.3) is 0 Å². The summed E-state index contributed by atoms with van der Waals surface area (Å²) in [5, 5.41) is 0. The van der Waals surface area contributed by atoms with Crippen molar-refractivity contribution in [2.24, 2.45) is 0 Å². The molecule has 0 N–H and O–H groups in total. The molecule has 1 rings (SSSR count). The first kappa shape index (κ1) is 15.3. The molecule has 1 fully saturated rings. The summed E-state index contributed by atoms with van der Waals surface area (Å²) in [5.41, 5.74) is 0. The number of ether oxygens (including phenoxy) is 1. The number of hydrogen-bond acceptors (Lipinski definition) is 2. The Hall–Kier alpha value is 0.200. The smallest absolute Gasteiger partial charge is 0.302 e. The van der Waals surface area contributed by atoms with Crippen LogP contribution in [0.5, 0.6) is 0 Å². The molecule has 0 aliphatic heterocycles. The average molecular weight is 352 g/mol. The van der Waals surface area contributed by atoms with E-state index < -0.39 is 0 Å². The third kappa shape index (κ3) is 7.27. The van der Waals surface area contributed by atoms with E-state index in [0.717, 1.165) is 6.42 Å². The first-order valence-electron chi connectivity index (χ1n) is 7.01. The summed E-state index contributed by atoms with van der Waals surface area (Å²) in [6.45, 7) is 1.53. The van der Waals surface area contributed by atoms with Gasteiger partial charge in [-0.3, -0.25) is 4.79 Å². The molecule has 1 aliphatic rings. The largest absolute Gasteiger partial charge is 0.461 e. The highest BCUT2D eigenvalue weighted by Crippen LogP contribution is 2.24. The molecule has 100 valence electrons. The molecule has 0 aromatic heterocycles. The Balaban J connectivity index is 2.41. The van der Waals surface area contributed by atoms with Crippen molar-refractivity contribution in [3.05, 3.63) is 0 Å². The molecule has 0 bridgehead atoms. The highest BCUT2D eigenvalue weighted by molar-refractivity contribution is 14.1. The van der Waals surface area contributed by atoms with Gasteiger partial charge in [-0.1, -0.05) is 67.5 Å². The average Bonchev–Trinajstić information content (AvgIpc) is 2.27. The Bertz CT molecular complexity index is 218. The lowest BCUT2D eigenvalue weighted by molar-refractivity contribution is -0.146. The predicted octanol–water partition coefficient (Wildman–Crippen LogP) is 4.64. The fraction of sp³-hybridized carbons (Fsp3) is 0.929. The summed E-state index contributed by atoms with van der Waals surface area (Å²) >= 11 is 2.47. The van der Waals surface area contributed by atoms with Gasteiger partial charge in [-0.05, 0) is 19.3 Å². The molecular formula is C14H25IO2. The first-order chi connectivity index (χ1) is 8.20. The molecule has 0 unspecified atom stereocenters. The Morgan fingerprint density at radius 2 is 1.41 bits per heavy atom. The summed E-state index contributed by atoms with van der Waals surface area (Å²) in [5.74, 6) is -0.122. The third-order valence-corrected chi connectivity index (χ3v) is 4.86. The van der Waals surface area contributed by atoms with Crippen molar-refractivity contribution in [3.63, 3.8) is 0 Å². The number of rotatable bonds is 1. The molecule has 3 heteroatoms. The normalized spacial score (nSPS) is 28.8. The molecular weight excluding hydrogens is 327 g/mol. The third-order valence-electron chi connectivity index (χ3n) is 3.44. The second kappa shape index (κ2) is 9.17. The summed E-state index contributed by atoms with van der Waals surface area (Å²) in [6.07, 6.45) is 13.0. The second-order valence-corrected chi connectivity index (χ2v) is 6.67. The van der Waals surface area contributed by atoms with Crippen molar-refractivity contribution in [2.45, 2.75) is 81.2 Å². The molecule has 2 atom stereocenters. The van der Waals surface area contributed by atoms with E-state index in [0.29, 0.717) is 3.92 Å². The van der Waals surface area contributed by atoms with E-state index in [1.807, 2.05) is 0 Å². The maximum atomic E-state index is 11.1. The van der Waals surface area contributed by atoms with Crippen LogP contribution in [0.1, 0.15) is 71.1 Å². The molecule has 0 saturated heterocycles. The lowest BCUT2D eigenvalue weighted by Gasteiger charge is -2.23. The number of alkyl halides is 1. The summed E-state index contributed by atoms with van der Waals surface area (Å²) in [4.78, 5) is 11.1. The molecule has 0 aromatic carbocycles. The van der Waals surface area contributed by atoms with Crippen LogP contribution in [0.2, 0.25) is 0 Å². The van der Waals surface area contributed by atoms with Crippen LogP contribution < -0.4 is 0 Å². The topological polar surface area (TPSA) is 26.3 Å². The molecule has 0 aromatic rings. The van der Waals surface area contributed by atoms with Crippen molar-refractivity contribution < 1.29 is 9.53 Å². The predicted molar refractivity (Wildman–Crippen MR) is 79.5 cm³/mol. The summed E-state index contributed by atoms with van der Waals surface area (Å²) < 4.78 is 5.96. The number of halogens is 1. The van der Waals surface area contributed by atoms with Gasteiger partial charge in [0.2, 0.25) is 0 Å². The van der Waals surface area contributed by atoms with Crippen LogP contribution in [0.4, 0.5) is 0 Å². The summed E-state index contributed by atoms with van der Waals surface area (Å²) in [7, 11) is 0. The highest BCUT2D eigenvalue weighted by Gasteiger charge is 2.21. The number of hydrogen-bond donors (Lipinski definition) is 0. The van der Waals surface area contributed by atoms with E-state index in [1.54, 1.807) is 0 Å². The van der Waals surface area contributed by atoms with Crippen LogP contribution >= 0.6 is 22.6 Å². The number of esters is 1. The van der Waals surface area contributed by atoms with Gasteiger partial charge in [-0.25, -0.2) is 0 Å². The first-order valence-corrected chi connectivity index (χ1v) is 8.26. The molecule has 1 saturated carbocycles. The Labute approximate surface area is 119 Å². The molecule has 1 aliphatic carbocycles. The van der Waals surface area contributed by atoms with Crippen LogP contribution in [0, 0.1) is 0 Å². The highest BCUT2D eigenvalue weighted by atomic mass is 127. The number of carbonyl (C=O) groups excluding carboxylic acids is 1. The van der Waals surface area contributed by atoms with E-state index in [-0.39, 0.29) is 12.1 Å². The van der Waals surface area contributed by atoms with Gasteiger partial charge in [0.25, 0.3) is 0 Å². The zero-order valence-corrected chi connectivity index (χ0v) is 13.1. The van der Waals surface area contributed by atoms with Crippen molar-refractivity contribution in [1.29, 1.82) is 0 Å². The van der Waals surface area contributed by atoms with Gasteiger partial charge in [0, 0.05) is 10.8 Å². The second-order valence-electron chi connectivity index (χ2n) is 5.07. The standard InChI is InChI=1S/C14H25IO2/c1-12(16)17-14-11-9-7-5-3-2-4-6-8-10-13(14)15/h13-14H,2-11H2,1H3/t13-,14-/m1/s1. The zero-order valence-electron chi connectivity index (χ0n) is 10.9.